The maximum absolute atomic E-state index is 13.7. The number of nitrogens with one attached hydrogen (secondary N) is 5. The average Bonchev–Trinajstić information content (AvgIpc) is 3.10. The molecular weight excluding hydrogens is 728 g/mol. The van der Waals surface area contributed by atoms with Gasteiger partial charge in [-0.2, -0.15) is 12.6 Å². The first kappa shape index (κ1) is 49.6. The van der Waals surface area contributed by atoms with Gasteiger partial charge in [-0.1, -0.05) is 6.42 Å². The molecule has 0 saturated heterocycles. The Balaban J connectivity index is 6.08. The van der Waals surface area contributed by atoms with E-state index in [-0.39, 0.29) is 75.8 Å². The summed E-state index contributed by atoms with van der Waals surface area (Å²) in [4.78, 5) is 85.9. The number of carbonyl (C=O) groups excluding carboxylic acids is 5. The van der Waals surface area contributed by atoms with E-state index >= 15 is 0 Å². The zero-order valence-electron chi connectivity index (χ0n) is 30.9. The molecular formula is C31H62N14O8S. The van der Waals surface area contributed by atoms with Crippen LogP contribution in [0.15, 0.2) is 9.98 Å². The third-order valence-electron chi connectivity index (χ3n) is 7.90. The molecule has 0 fully saturated rings. The maximum Gasteiger partial charge on any atom is 0.326 e. The van der Waals surface area contributed by atoms with Crippen molar-refractivity contribution in [1.82, 2.24) is 26.6 Å². The molecule has 7 atom stereocenters. The maximum atomic E-state index is 13.7. The van der Waals surface area contributed by atoms with Crippen molar-refractivity contribution in [3.8, 4) is 0 Å². The minimum atomic E-state index is -1.49. The summed E-state index contributed by atoms with van der Waals surface area (Å²) in [5, 5.41) is 32.4. The smallest absolute Gasteiger partial charge is 0.326 e. The van der Waals surface area contributed by atoms with Gasteiger partial charge in [0.15, 0.2) is 11.9 Å². The fourth-order valence-electron chi connectivity index (χ4n) is 4.87. The average molecular weight is 791 g/mol. The predicted molar refractivity (Wildman–Crippen MR) is 206 cm³/mol. The van der Waals surface area contributed by atoms with E-state index in [1.807, 2.05) is 0 Å². The monoisotopic (exact) mass is 790 g/mol. The number of hydrogen-bond donors (Lipinski definition) is 15. The van der Waals surface area contributed by atoms with E-state index in [1.54, 1.807) is 0 Å². The second-order valence-corrected chi connectivity index (χ2v) is 12.9. The van der Waals surface area contributed by atoms with Crippen LogP contribution in [0.2, 0.25) is 0 Å². The number of nitrogens with two attached hydrogens (primary N) is 7. The minimum absolute atomic E-state index is 0.0135. The standard InChI is InChI=1S/C31H62N14O8S/c1-17(46)23(45-24(47)18(34)8-2-4-12-32)28(51)42-20(10-6-14-39-30(35)36)25(48)41-19(9-3-5-13-33)26(49)44-22(16-54)27(50)43-21(29(52)53)11-7-15-40-31(37)38/h17-23,46,54H,2-16,32-34H2,1H3,(H,41,48)(H,42,51)(H,43,50)(H,44,49)(H,45,47)(H,52,53)(H4,35,36,39)(H4,37,38,40)/t17-,18+,19+,20+,21+,22+,23+/m1/s1. The van der Waals surface area contributed by atoms with Gasteiger partial charge in [0.05, 0.1) is 12.1 Å². The predicted octanol–water partition coefficient (Wildman–Crippen LogP) is -5.50. The topological polar surface area (TPSA) is 410 Å². The highest BCUT2D eigenvalue weighted by Crippen LogP contribution is 2.08. The Morgan fingerprint density at radius 1 is 0.593 bits per heavy atom. The number of aliphatic carboxylic acids is 1. The van der Waals surface area contributed by atoms with E-state index in [2.05, 4.69) is 49.2 Å². The van der Waals surface area contributed by atoms with Gasteiger partial charge in [0.2, 0.25) is 29.5 Å². The largest absolute Gasteiger partial charge is 0.480 e. The van der Waals surface area contributed by atoms with Gasteiger partial charge in [0.1, 0.15) is 30.2 Å². The first-order valence-electron chi connectivity index (χ1n) is 17.8. The van der Waals surface area contributed by atoms with E-state index in [0.29, 0.717) is 32.2 Å². The van der Waals surface area contributed by atoms with Crippen LogP contribution >= 0.6 is 12.6 Å². The zero-order chi connectivity index (χ0) is 41.2. The molecule has 0 saturated carbocycles. The molecule has 22 nitrogen and oxygen atoms in total. The third-order valence-corrected chi connectivity index (χ3v) is 8.27. The molecule has 21 N–H and O–H groups in total. The van der Waals surface area contributed by atoms with Crippen molar-refractivity contribution in [3.05, 3.63) is 0 Å². The number of hydrogen-bond acceptors (Lipinski definition) is 13. The highest BCUT2D eigenvalue weighted by molar-refractivity contribution is 7.80. The van der Waals surface area contributed by atoms with Gasteiger partial charge in [0.25, 0.3) is 0 Å². The number of carboxylic acids is 1. The second-order valence-electron chi connectivity index (χ2n) is 12.6. The summed E-state index contributed by atoms with van der Waals surface area (Å²) in [7, 11) is 0. The Hall–Kier alpha value is -4.45. The van der Waals surface area contributed by atoms with Crippen LogP contribution in [0.25, 0.3) is 0 Å². The molecule has 0 aromatic heterocycles. The van der Waals surface area contributed by atoms with Gasteiger partial charge >= 0.3 is 5.97 Å². The van der Waals surface area contributed by atoms with Crippen molar-refractivity contribution in [2.75, 3.05) is 31.9 Å². The number of unbranched alkanes of at least 4 members (excludes halogenated alkanes) is 2. The SMILES string of the molecule is C[C@@H](O)[C@H](NC(=O)[C@@H](N)CCCCN)C(=O)N[C@@H](CCCN=C(N)N)C(=O)N[C@@H](CCCCN)C(=O)N[C@@H](CS)C(=O)N[C@@H](CCCN=C(N)N)C(=O)O. The van der Waals surface area contributed by atoms with Gasteiger partial charge in [-0.05, 0) is 77.8 Å². The number of carbonyl (C=O) groups is 6. The van der Waals surface area contributed by atoms with Crippen molar-refractivity contribution in [2.45, 2.75) is 113 Å². The number of carboxylic acid groups (broad SMARTS) is 1. The molecule has 0 spiro atoms. The first-order chi connectivity index (χ1) is 25.5. The van der Waals surface area contributed by atoms with Crippen molar-refractivity contribution in [1.29, 1.82) is 0 Å². The summed E-state index contributed by atoms with van der Waals surface area (Å²) in [6, 6.07) is -7.66. The summed E-state index contributed by atoms with van der Waals surface area (Å²) >= 11 is 4.15. The number of guanidine groups is 2. The molecule has 0 heterocycles. The van der Waals surface area contributed by atoms with Crippen molar-refractivity contribution in [2.24, 2.45) is 50.1 Å². The summed E-state index contributed by atoms with van der Waals surface area (Å²) in [6.07, 6.45) is 1.42. The molecule has 0 aliphatic rings. The molecule has 0 unspecified atom stereocenters. The van der Waals surface area contributed by atoms with Gasteiger partial charge < -0.3 is 76.9 Å². The molecule has 0 aromatic carbocycles. The Morgan fingerprint density at radius 2 is 1.00 bits per heavy atom. The number of amides is 5. The fourth-order valence-corrected chi connectivity index (χ4v) is 5.13. The van der Waals surface area contributed by atoms with Crippen LogP contribution in [-0.2, 0) is 28.8 Å². The molecule has 54 heavy (non-hydrogen) atoms. The Labute approximate surface area is 320 Å². The fraction of sp³-hybridized carbons (Fsp3) is 0.742. The van der Waals surface area contributed by atoms with Gasteiger partial charge in [0, 0.05) is 18.8 Å². The van der Waals surface area contributed by atoms with Crippen LogP contribution < -0.4 is 66.7 Å². The van der Waals surface area contributed by atoms with Gasteiger partial charge in [-0.25, -0.2) is 4.79 Å². The lowest BCUT2D eigenvalue weighted by atomic mass is 10.0. The highest BCUT2D eigenvalue weighted by atomic mass is 32.1. The lowest BCUT2D eigenvalue weighted by Crippen LogP contribution is -2.61. The van der Waals surface area contributed by atoms with Crippen molar-refractivity contribution < 1.29 is 39.0 Å². The molecule has 5 amide bonds. The molecule has 0 rings (SSSR count). The van der Waals surface area contributed by atoms with Crippen LogP contribution in [-0.4, -0.2) is 132 Å². The number of thiol groups is 1. The number of nitrogens with zero attached hydrogens (tertiary/aromatic N) is 2. The number of rotatable bonds is 29. The van der Waals surface area contributed by atoms with E-state index in [1.165, 1.54) is 6.92 Å². The van der Waals surface area contributed by atoms with Crippen LogP contribution in [0.3, 0.4) is 0 Å². The van der Waals surface area contributed by atoms with Gasteiger partial charge in [-0.15, -0.1) is 0 Å². The quantitative estimate of drug-likeness (QED) is 0.0145. The van der Waals surface area contributed by atoms with E-state index in [4.69, 9.17) is 40.1 Å². The third kappa shape index (κ3) is 21.3. The van der Waals surface area contributed by atoms with Crippen molar-refractivity contribution in [3.63, 3.8) is 0 Å². The van der Waals surface area contributed by atoms with E-state index in [0.717, 1.165) is 0 Å². The summed E-state index contributed by atoms with van der Waals surface area (Å²) in [5.74, 6) is -5.95. The molecule has 23 heteroatoms. The van der Waals surface area contributed by atoms with Crippen molar-refractivity contribution >= 4 is 60.1 Å². The zero-order valence-corrected chi connectivity index (χ0v) is 31.8. The van der Waals surface area contributed by atoms with Crippen LogP contribution in [0.5, 0.6) is 0 Å². The van der Waals surface area contributed by atoms with E-state index in [9.17, 15) is 39.0 Å². The summed E-state index contributed by atoms with van der Waals surface area (Å²) in [5.41, 5.74) is 38.5. The normalized spacial score (nSPS) is 14.8. The van der Waals surface area contributed by atoms with Crippen LogP contribution in [0, 0.1) is 0 Å². The summed E-state index contributed by atoms with van der Waals surface area (Å²) < 4.78 is 0. The molecule has 0 bridgehead atoms. The highest BCUT2D eigenvalue weighted by Gasteiger charge is 2.33. The van der Waals surface area contributed by atoms with Crippen LogP contribution in [0.1, 0.15) is 71.1 Å². The minimum Gasteiger partial charge on any atom is -0.480 e. The lowest BCUT2D eigenvalue weighted by Gasteiger charge is -2.27. The summed E-state index contributed by atoms with van der Waals surface area (Å²) in [6.45, 7) is 2.19. The van der Waals surface area contributed by atoms with Crippen LogP contribution in [0.4, 0.5) is 0 Å². The Kier molecular flexibility index (Phi) is 25.7. The number of aliphatic hydroxyl groups is 1. The Morgan fingerprint density at radius 3 is 1.44 bits per heavy atom. The second kappa shape index (κ2) is 28.1. The van der Waals surface area contributed by atoms with E-state index < -0.39 is 77.9 Å². The number of aliphatic hydroxyl groups excluding tert-OH is 1. The Bertz CT molecular complexity index is 1250. The molecule has 310 valence electrons. The molecule has 0 aliphatic heterocycles. The molecule has 0 aromatic rings. The van der Waals surface area contributed by atoms with Gasteiger partial charge in [-0.3, -0.25) is 34.0 Å². The molecule has 0 radical (unpaired) electrons. The lowest BCUT2D eigenvalue weighted by molar-refractivity contribution is -0.142. The molecule has 0 aliphatic carbocycles. The first-order valence-corrected chi connectivity index (χ1v) is 18.4. The number of aliphatic imine (C=N–C) groups is 2.